The van der Waals surface area contributed by atoms with Gasteiger partial charge in [-0.05, 0) is 53.4 Å². The highest BCUT2D eigenvalue weighted by Crippen LogP contribution is 2.38. The van der Waals surface area contributed by atoms with Crippen molar-refractivity contribution < 1.29 is 4.74 Å². The SMILES string of the molecule is CC1(C)Cc2cc(C(Cl)c3ccsc3)ccc2O1. The van der Waals surface area contributed by atoms with Crippen molar-refractivity contribution in [3.05, 3.63) is 51.7 Å². The van der Waals surface area contributed by atoms with Gasteiger partial charge in [0.1, 0.15) is 11.4 Å². The van der Waals surface area contributed by atoms with Crippen LogP contribution in [0.3, 0.4) is 0 Å². The molecule has 3 heteroatoms. The van der Waals surface area contributed by atoms with Crippen LogP contribution in [0.25, 0.3) is 0 Å². The summed E-state index contributed by atoms with van der Waals surface area (Å²) in [5.41, 5.74) is 3.49. The average molecular weight is 279 g/mol. The Hall–Kier alpha value is -0.990. The van der Waals surface area contributed by atoms with E-state index in [0.29, 0.717) is 0 Å². The minimum Gasteiger partial charge on any atom is -0.487 e. The molecule has 94 valence electrons. The summed E-state index contributed by atoms with van der Waals surface area (Å²) in [4.78, 5) is 0. The minimum atomic E-state index is -0.0921. The molecule has 1 atom stereocenters. The van der Waals surface area contributed by atoms with Crippen molar-refractivity contribution in [2.45, 2.75) is 31.2 Å². The van der Waals surface area contributed by atoms with Gasteiger partial charge in [-0.1, -0.05) is 12.1 Å². The molecule has 0 fully saturated rings. The lowest BCUT2D eigenvalue weighted by Crippen LogP contribution is -2.24. The van der Waals surface area contributed by atoms with Gasteiger partial charge in [-0.25, -0.2) is 0 Å². The Bertz CT molecular complexity index is 560. The number of hydrogen-bond donors (Lipinski definition) is 0. The molecule has 0 radical (unpaired) electrons. The number of rotatable bonds is 2. The molecular weight excluding hydrogens is 264 g/mol. The molecule has 1 aromatic heterocycles. The van der Waals surface area contributed by atoms with E-state index in [2.05, 4.69) is 42.8 Å². The van der Waals surface area contributed by atoms with Gasteiger partial charge in [0.05, 0.1) is 5.38 Å². The van der Waals surface area contributed by atoms with Crippen LogP contribution in [0.4, 0.5) is 0 Å². The zero-order valence-electron chi connectivity index (χ0n) is 10.4. The zero-order valence-corrected chi connectivity index (χ0v) is 12.0. The maximum atomic E-state index is 6.51. The second kappa shape index (κ2) is 4.29. The molecular formula is C15H15ClOS. The standard InChI is InChI=1S/C15H15ClOS/c1-15(2)8-12-7-10(3-4-13(12)17-15)14(16)11-5-6-18-9-11/h3-7,9,14H,8H2,1-2H3. The fraction of sp³-hybridized carbons (Fsp3) is 0.333. The molecule has 18 heavy (non-hydrogen) atoms. The van der Waals surface area contributed by atoms with Crippen LogP contribution in [-0.2, 0) is 6.42 Å². The quantitative estimate of drug-likeness (QED) is 0.718. The topological polar surface area (TPSA) is 9.23 Å². The molecule has 0 N–H and O–H groups in total. The Morgan fingerprint density at radius 3 is 2.83 bits per heavy atom. The summed E-state index contributed by atoms with van der Waals surface area (Å²) in [6, 6.07) is 8.37. The summed E-state index contributed by atoms with van der Waals surface area (Å²) < 4.78 is 5.88. The van der Waals surface area contributed by atoms with Crippen molar-refractivity contribution >= 4 is 22.9 Å². The molecule has 1 aliphatic rings. The maximum absolute atomic E-state index is 6.51. The van der Waals surface area contributed by atoms with E-state index < -0.39 is 0 Å². The van der Waals surface area contributed by atoms with Crippen LogP contribution < -0.4 is 4.74 Å². The predicted molar refractivity (Wildman–Crippen MR) is 76.9 cm³/mol. The average Bonchev–Trinajstić information content (AvgIpc) is 2.91. The van der Waals surface area contributed by atoms with E-state index >= 15 is 0 Å². The molecule has 0 bridgehead atoms. The summed E-state index contributed by atoms with van der Waals surface area (Å²) in [7, 11) is 0. The molecule has 3 rings (SSSR count). The third-order valence-corrected chi connectivity index (χ3v) is 4.42. The van der Waals surface area contributed by atoms with E-state index in [1.165, 1.54) is 11.1 Å². The number of fused-ring (bicyclic) bond motifs is 1. The highest BCUT2D eigenvalue weighted by Gasteiger charge is 2.30. The molecule has 0 saturated carbocycles. The van der Waals surface area contributed by atoms with Crippen LogP contribution in [0.1, 0.15) is 35.9 Å². The number of benzene rings is 1. The molecule has 1 nitrogen and oxygen atoms in total. The lowest BCUT2D eigenvalue weighted by Gasteiger charge is -2.16. The number of alkyl halides is 1. The van der Waals surface area contributed by atoms with Crippen molar-refractivity contribution in [3.63, 3.8) is 0 Å². The molecule has 1 aromatic carbocycles. The smallest absolute Gasteiger partial charge is 0.123 e. The van der Waals surface area contributed by atoms with Gasteiger partial charge in [-0.15, -0.1) is 11.6 Å². The molecule has 2 aromatic rings. The Balaban J connectivity index is 1.93. The van der Waals surface area contributed by atoms with E-state index in [1.54, 1.807) is 11.3 Å². The normalized spacial score (nSPS) is 18.2. The van der Waals surface area contributed by atoms with Gasteiger partial charge in [-0.3, -0.25) is 0 Å². The van der Waals surface area contributed by atoms with Gasteiger partial charge in [-0.2, -0.15) is 11.3 Å². The number of thiophene rings is 1. The van der Waals surface area contributed by atoms with Gasteiger partial charge in [0, 0.05) is 6.42 Å². The van der Waals surface area contributed by atoms with E-state index in [9.17, 15) is 0 Å². The highest BCUT2D eigenvalue weighted by molar-refractivity contribution is 7.08. The second-order valence-corrected chi connectivity index (χ2v) is 6.54. The van der Waals surface area contributed by atoms with Crippen molar-refractivity contribution in [1.82, 2.24) is 0 Å². The van der Waals surface area contributed by atoms with Crippen molar-refractivity contribution in [2.75, 3.05) is 0 Å². The monoisotopic (exact) mass is 278 g/mol. The van der Waals surface area contributed by atoms with Crippen LogP contribution in [0.5, 0.6) is 5.75 Å². The zero-order chi connectivity index (χ0) is 12.8. The minimum absolute atomic E-state index is 0.0646. The van der Waals surface area contributed by atoms with Crippen LogP contribution in [0, 0.1) is 0 Å². The first-order chi connectivity index (χ1) is 8.55. The highest BCUT2D eigenvalue weighted by atomic mass is 35.5. The van der Waals surface area contributed by atoms with Crippen molar-refractivity contribution in [3.8, 4) is 5.75 Å². The third-order valence-electron chi connectivity index (χ3n) is 3.22. The Kier molecular flexibility index (Phi) is 2.87. The molecule has 0 amide bonds. The fourth-order valence-electron chi connectivity index (χ4n) is 2.40. The van der Waals surface area contributed by atoms with Crippen LogP contribution in [-0.4, -0.2) is 5.60 Å². The molecule has 2 heterocycles. The number of halogens is 1. The summed E-state index contributed by atoms with van der Waals surface area (Å²) in [5, 5.41) is 4.10. The molecule has 0 spiro atoms. The van der Waals surface area contributed by atoms with E-state index in [0.717, 1.165) is 17.7 Å². The molecule has 0 saturated heterocycles. The van der Waals surface area contributed by atoms with Gasteiger partial charge in [0.25, 0.3) is 0 Å². The summed E-state index contributed by atoms with van der Waals surface area (Å²) >= 11 is 8.19. The lowest BCUT2D eigenvalue weighted by atomic mass is 9.98. The molecule has 1 aliphatic heterocycles. The van der Waals surface area contributed by atoms with Gasteiger partial charge in [0.15, 0.2) is 0 Å². The maximum Gasteiger partial charge on any atom is 0.123 e. The van der Waals surface area contributed by atoms with Crippen LogP contribution >= 0.6 is 22.9 Å². The molecule has 0 aliphatic carbocycles. The molecule has 1 unspecified atom stereocenters. The number of hydrogen-bond acceptors (Lipinski definition) is 2. The van der Waals surface area contributed by atoms with Gasteiger partial charge >= 0.3 is 0 Å². The van der Waals surface area contributed by atoms with Crippen molar-refractivity contribution in [2.24, 2.45) is 0 Å². The Morgan fingerprint density at radius 1 is 1.28 bits per heavy atom. The van der Waals surface area contributed by atoms with Crippen molar-refractivity contribution in [1.29, 1.82) is 0 Å². The van der Waals surface area contributed by atoms with E-state index in [1.807, 2.05) is 6.07 Å². The lowest BCUT2D eigenvalue weighted by molar-refractivity contribution is 0.138. The first-order valence-corrected chi connectivity index (χ1v) is 7.41. The van der Waals surface area contributed by atoms with Crippen LogP contribution in [0.2, 0.25) is 0 Å². The summed E-state index contributed by atoms with van der Waals surface area (Å²) in [6.45, 7) is 4.23. The summed E-state index contributed by atoms with van der Waals surface area (Å²) in [6.07, 6.45) is 0.948. The summed E-state index contributed by atoms with van der Waals surface area (Å²) in [5.74, 6) is 0.998. The van der Waals surface area contributed by atoms with Gasteiger partial charge < -0.3 is 4.74 Å². The Labute approximate surface area is 116 Å². The second-order valence-electron chi connectivity index (χ2n) is 5.32. The van der Waals surface area contributed by atoms with E-state index in [-0.39, 0.29) is 11.0 Å². The van der Waals surface area contributed by atoms with Crippen LogP contribution in [0.15, 0.2) is 35.0 Å². The first-order valence-electron chi connectivity index (χ1n) is 6.03. The Morgan fingerprint density at radius 2 is 2.11 bits per heavy atom. The largest absolute Gasteiger partial charge is 0.487 e. The van der Waals surface area contributed by atoms with E-state index in [4.69, 9.17) is 16.3 Å². The fourth-order valence-corrected chi connectivity index (χ4v) is 3.43. The van der Waals surface area contributed by atoms with Gasteiger partial charge in [0.2, 0.25) is 0 Å². The predicted octanol–water partition coefficient (Wildman–Crippen LogP) is 4.79. The first kappa shape index (κ1) is 12.1. The number of ether oxygens (including phenoxy) is 1. The third kappa shape index (κ3) is 2.15.